The average molecular weight is 546 g/mol. The van der Waals surface area contributed by atoms with Crippen LogP contribution in [0.1, 0.15) is 70.6 Å². The first kappa shape index (κ1) is 32.3. The van der Waals surface area contributed by atoms with Crippen LogP contribution in [0, 0.1) is 0 Å². The maximum Gasteiger partial charge on any atom is 0.0715 e. The van der Waals surface area contributed by atoms with E-state index >= 15 is 0 Å². The van der Waals surface area contributed by atoms with Crippen molar-refractivity contribution >= 4 is 17.9 Å². The Labute approximate surface area is 235 Å². The number of hydrogen-bond donors (Lipinski definition) is 0. The molecule has 1 aliphatic rings. The Kier molecular flexibility index (Phi) is 15.7. The zero-order valence-corrected chi connectivity index (χ0v) is 23.1. The quantitative estimate of drug-likeness (QED) is 0.437. The molecule has 3 aromatic rings. The van der Waals surface area contributed by atoms with Crippen molar-refractivity contribution in [2.24, 2.45) is 0 Å². The van der Waals surface area contributed by atoms with Crippen LogP contribution < -0.4 is 15.3 Å². The van der Waals surface area contributed by atoms with Crippen LogP contribution in [0.4, 0.5) is 0 Å². The molecule has 0 N–H and O–H groups in total. The first-order valence-electron chi connectivity index (χ1n) is 12.1. The number of hydrogen-bond acceptors (Lipinski definition) is 6. The third kappa shape index (κ3) is 13.0. The molecule has 3 aromatic carbocycles. The Morgan fingerprint density at radius 1 is 0.684 bits per heavy atom. The smallest absolute Gasteiger partial charge is 0.0715 e. The number of benzene rings is 3. The van der Waals surface area contributed by atoms with E-state index in [1.807, 2.05) is 0 Å². The topological polar surface area (TPSA) is 120 Å². The van der Waals surface area contributed by atoms with Crippen LogP contribution in [0.25, 0.3) is 0 Å². The number of carbonyl (C=O) groups excluding carboxylic acids is 3. The summed E-state index contributed by atoms with van der Waals surface area (Å²) < 4.78 is 1.55. The van der Waals surface area contributed by atoms with Crippen molar-refractivity contribution in [2.75, 3.05) is 0 Å². The summed E-state index contributed by atoms with van der Waals surface area (Å²) in [4.78, 5) is 30.3. The standard InChI is InChI=1S/C10H15.3C7H6O2.Ti/c1-3-4-5-10-7-6-9(2)8-10;3*8-7(9)6-4-2-1-3-5-6;/h6H,3-5,7H2,1-2H3;3*1-5H,(H,8,9);/q;;;;+3/p-3. The first-order valence-corrected chi connectivity index (χ1v) is 12.8. The minimum absolute atomic E-state index is 0.220. The van der Waals surface area contributed by atoms with Gasteiger partial charge in [0.1, 0.15) is 0 Å². The summed E-state index contributed by atoms with van der Waals surface area (Å²) >= 11 is 2.25. The van der Waals surface area contributed by atoms with Crippen molar-refractivity contribution < 1.29 is 50.1 Å². The zero-order chi connectivity index (χ0) is 28.3. The number of allylic oxidation sites excluding steroid dienone is 4. The van der Waals surface area contributed by atoms with Crippen LogP contribution in [0.5, 0.6) is 0 Å². The predicted octanol–water partition coefficient (Wildman–Crippen LogP) is 3.48. The van der Waals surface area contributed by atoms with E-state index in [0.29, 0.717) is 0 Å². The fraction of sp³-hybridized carbons (Fsp3) is 0.194. The van der Waals surface area contributed by atoms with Gasteiger partial charge >= 0.3 is 81.1 Å². The number of rotatable bonds is 6. The Balaban J connectivity index is 0.000000254. The van der Waals surface area contributed by atoms with Gasteiger partial charge in [0.2, 0.25) is 0 Å². The molecule has 0 saturated carbocycles. The van der Waals surface area contributed by atoms with Gasteiger partial charge in [-0.2, -0.15) is 0 Å². The summed E-state index contributed by atoms with van der Waals surface area (Å²) in [6.45, 7) is 4.47. The van der Waals surface area contributed by atoms with E-state index in [9.17, 15) is 29.7 Å². The Hall–Kier alpha value is -3.74. The molecule has 6 nitrogen and oxygen atoms in total. The molecule has 1 aliphatic carbocycles. The third-order valence-corrected chi connectivity index (χ3v) is 6.43. The van der Waals surface area contributed by atoms with Gasteiger partial charge in [-0.25, -0.2) is 0 Å². The maximum atomic E-state index is 10.1. The molecule has 0 aliphatic heterocycles. The molecule has 0 amide bonds. The molecule has 0 unspecified atom stereocenters. The second-order valence-corrected chi connectivity index (χ2v) is 8.91. The number of carboxylic acids is 3. The van der Waals surface area contributed by atoms with E-state index in [4.69, 9.17) is 0 Å². The van der Waals surface area contributed by atoms with Crippen molar-refractivity contribution in [1.82, 2.24) is 0 Å². The van der Waals surface area contributed by atoms with Gasteiger partial charge in [-0.15, -0.1) is 0 Å². The van der Waals surface area contributed by atoms with E-state index in [1.165, 1.54) is 67.7 Å². The summed E-state index contributed by atoms with van der Waals surface area (Å²) in [6.07, 6.45) is 7.55. The molecule has 194 valence electrons. The van der Waals surface area contributed by atoms with Gasteiger partial charge in [-0.05, 0) is 16.7 Å². The van der Waals surface area contributed by atoms with Crippen LogP contribution in [0.15, 0.2) is 112 Å². The van der Waals surface area contributed by atoms with E-state index in [2.05, 4.69) is 40.4 Å². The van der Waals surface area contributed by atoms with E-state index < -0.39 is 17.9 Å². The molecular weight excluding hydrogens is 516 g/mol. The van der Waals surface area contributed by atoms with Gasteiger partial charge in [-0.3, -0.25) is 0 Å². The van der Waals surface area contributed by atoms with Gasteiger partial charge in [0.25, 0.3) is 0 Å². The second-order valence-electron chi connectivity index (χ2n) is 8.13. The Morgan fingerprint density at radius 3 is 1.24 bits per heavy atom. The summed E-state index contributed by atoms with van der Waals surface area (Å²) in [6, 6.07) is 24.2. The van der Waals surface area contributed by atoms with Crippen LogP contribution in [-0.4, -0.2) is 17.9 Å². The van der Waals surface area contributed by atoms with Gasteiger partial charge < -0.3 is 29.7 Å². The van der Waals surface area contributed by atoms with Crippen molar-refractivity contribution in [1.29, 1.82) is 0 Å². The molecule has 0 atom stereocenters. The Morgan fingerprint density at radius 2 is 1.03 bits per heavy atom. The molecule has 0 radical (unpaired) electrons. The zero-order valence-electron chi connectivity index (χ0n) is 21.5. The molecule has 0 fully saturated rings. The molecule has 0 spiro atoms. The van der Waals surface area contributed by atoms with E-state index in [0.717, 1.165) is 0 Å². The van der Waals surface area contributed by atoms with Gasteiger partial charge in [0, 0.05) is 0 Å². The maximum absolute atomic E-state index is 10.1. The van der Waals surface area contributed by atoms with Crippen LogP contribution in [0.2, 0.25) is 0 Å². The number of aromatic carboxylic acids is 3. The number of unbranched alkanes of at least 4 members (excludes halogenated alkanes) is 1. The molecule has 7 heteroatoms. The average Bonchev–Trinajstić information content (AvgIpc) is 3.26. The third-order valence-electron chi connectivity index (χ3n) is 5.26. The fourth-order valence-corrected chi connectivity index (χ4v) is 3.61. The van der Waals surface area contributed by atoms with E-state index in [1.54, 1.807) is 64.0 Å². The first-order chi connectivity index (χ1) is 18.2. The monoisotopic (exact) mass is 546 g/mol. The largest absolute Gasteiger partial charge is 0.545 e. The summed E-state index contributed by atoms with van der Waals surface area (Å²) in [5, 5.41) is 30.3. The van der Waals surface area contributed by atoms with Crippen LogP contribution >= 0.6 is 0 Å². The summed E-state index contributed by atoms with van der Waals surface area (Å²) in [5.74, 6) is -3.39. The fourth-order valence-electron chi connectivity index (χ4n) is 3.10. The van der Waals surface area contributed by atoms with Gasteiger partial charge in [0.05, 0.1) is 17.9 Å². The summed E-state index contributed by atoms with van der Waals surface area (Å²) in [5.41, 5.74) is 3.83. The molecule has 0 bridgehead atoms. The van der Waals surface area contributed by atoms with Crippen molar-refractivity contribution in [3.8, 4) is 0 Å². The molecule has 0 heterocycles. The number of carboxylic acid groups (broad SMARTS) is 3. The number of carbonyl (C=O) groups is 3. The molecule has 0 saturated heterocycles. The normalized spacial score (nSPS) is 11.4. The van der Waals surface area contributed by atoms with Crippen molar-refractivity contribution in [2.45, 2.75) is 39.5 Å². The molecule has 4 rings (SSSR count). The van der Waals surface area contributed by atoms with Crippen molar-refractivity contribution in [3.05, 3.63) is 129 Å². The SMILES string of the molecule is CCCCC1=[C]([Ti+3])C(C)=CC1.O=C([O-])c1ccccc1.O=C([O-])c1ccccc1.O=C([O-])c1ccccc1. The summed E-state index contributed by atoms with van der Waals surface area (Å²) in [7, 11) is 0. The van der Waals surface area contributed by atoms with E-state index in [-0.39, 0.29) is 16.7 Å². The minimum atomic E-state index is -1.13. The van der Waals surface area contributed by atoms with Crippen molar-refractivity contribution in [3.63, 3.8) is 0 Å². The van der Waals surface area contributed by atoms with Gasteiger partial charge in [-0.1, -0.05) is 91.0 Å². The molecule has 38 heavy (non-hydrogen) atoms. The predicted molar refractivity (Wildman–Crippen MR) is 137 cm³/mol. The van der Waals surface area contributed by atoms with Gasteiger partial charge in [0.15, 0.2) is 0 Å². The molecule has 0 aromatic heterocycles. The van der Waals surface area contributed by atoms with Crippen LogP contribution in [0.3, 0.4) is 0 Å². The van der Waals surface area contributed by atoms with Crippen LogP contribution in [-0.2, 0) is 20.4 Å². The minimum Gasteiger partial charge on any atom is -0.545 e. The second kappa shape index (κ2) is 18.5. The molecular formula is C31H30O6Ti. The Bertz CT molecular complexity index is 1090.